The van der Waals surface area contributed by atoms with Crippen LogP contribution in [0, 0.1) is 5.92 Å². The normalized spacial score (nSPS) is 16.6. The topological polar surface area (TPSA) is 73.8 Å². The van der Waals surface area contributed by atoms with Crippen molar-refractivity contribution in [3.05, 3.63) is 59.4 Å². The number of anilines is 1. The molecule has 3 heterocycles. The molecule has 4 rings (SSSR count). The molecule has 29 heavy (non-hydrogen) atoms. The minimum atomic E-state index is -0.274. The van der Waals surface area contributed by atoms with Gasteiger partial charge in [0.1, 0.15) is 0 Å². The van der Waals surface area contributed by atoms with E-state index in [0.717, 1.165) is 11.3 Å². The number of carbonyl (C=O) groups excluding carboxylic acids is 3. The van der Waals surface area contributed by atoms with Crippen molar-refractivity contribution >= 4 is 23.4 Å². The van der Waals surface area contributed by atoms with E-state index in [0.29, 0.717) is 37.3 Å². The Hall–Kier alpha value is -3.22. The van der Waals surface area contributed by atoms with Crippen molar-refractivity contribution in [3.8, 4) is 0 Å². The number of benzene rings is 1. The third-order valence-electron chi connectivity index (χ3n) is 5.47. The fraction of sp³-hybridized carbons (Fsp3) is 0.364. The minimum absolute atomic E-state index is 0.0252. The van der Waals surface area contributed by atoms with Crippen LogP contribution in [0.2, 0.25) is 0 Å². The maximum atomic E-state index is 13.1. The monoisotopic (exact) mass is 392 g/mol. The number of rotatable bonds is 4. The summed E-state index contributed by atoms with van der Waals surface area (Å²) in [5.41, 5.74) is 2.48. The first kappa shape index (κ1) is 19.1. The van der Waals surface area contributed by atoms with E-state index in [-0.39, 0.29) is 30.2 Å². The summed E-state index contributed by atoms with van der Waals surface area (Å²) >= 11 is 0. The van der Waals surface area contributed by atoms with E-state index in [1.165, 1.54) is 4.90 Å². The largest absolute Gasteiger partial charge is 0.367 e. The third kappa shape index (κ3) is 3.48. The summed E-state index contributed by atoms with van der Waals surface area (Å²) < 4.78 is 0. The Kier molecular flexibility index (Phi) is 5.05. The van der Waals surface area contributed by atoms with Crippen LogP contribution in [0.25, 0.3) is 0 Å². The second-order valence-electron chi connectivity index (χ2n) is 7.72. The van der Waals surface area contributed by atoms with Crippen molar-refractivity contribution in [2.45, 2.75) is 20.4 Å². The van der Waals surface area contributed by atoms with Crippen LogP contribution in [0.4, 0.5) is 5.69 Å². The highest BCUT2D eigenvalue weighted by Gasteiger charge is 2.39. The van der Waals surface area contributed by atoms with Crippen molar-refractivity contribution < 1.29 is 14.4 Å². The Bertz CT molecular complexity index is 950. The number of piperazine rings is 1. The van der Waals surface area contributed by atoms with Crippen LogP contribution < -0.4 is 4.90 Å². The lowest BCUT2D eigenvalue weighted by Gasteiger charge is -2.37. The highest BCUT2D eigenvalue weighted by Crippen LogP contribution is 2.33. The smallest absolute Gasteiger partial charge is 0.263 e. The fourth-order valence-electron chi connectivity index (χ4n) is 3.93. The first-order valence-corrected chi connectivity index (χ1v) is 9.89. The molecule has 0 bridgehead atoms. The fourth-order valence-corrected chi connectivity index (χ4v) is 3.93. The van der Waals surface area contributed by atoms with Gasteiger partial charge < -0.3 is 9.80 Å². The molecular weight excluding hydrogens is 368 g/mol. The number of nitrogens with zero attached hydrogens (tertiary/aromatic N) is 4. The van der Waals surface area contributed by atoms with Crippen molar-refractivity contribution in [1.29, 1.82) is 0 Å². The van der Waals surface area contributed by atoms with Gasteiger partial charge in [0, 0.05) is 44.5 Å². The van der Waals surface area contributed by atoms with Crippen molar-refractivity contribution in [2.24, 2.45) is 5.92 Å². The second kappa shape index (κ2) is 7.66. The number of hydrogen-bond donors (Lipinski definition) is 0. The number of imide groups is 1. The van der Waals surface area contributed by atoms with E-state index >= 15 is 0 Å². The molecule has 3 amide bonds. The van der Waals surface area contributed by atoms with E-state index in [2.05, 4.69) is 9.88 Å². The van der Waals surface area contributed by atoms with Crippen LogP contribution in [0.1, 0.15) is 40.1 Å². The molecule has 1 aromatic heterocycles. The Morgan fingerprint density at radius 2 is 1.79 bits per heavy atom. The first-order chi connectivity index (χ1) is 14.0. The summed E-state index contributed by atoms with van der Waals surface area (Å²) in [5, 5.41) is 0. The zero-order valence-electron chi connectivity index (χ0n) is 16.7. The number of amides is 3. The van der Waals surface area contributed by atoms with E-state index in [4.69, 9.17) is 0 Å². The van der Waals surface area contributed by atoms with Gasteiger partial charge in [0.05, 0.1) is 23.4 Å². The Balaban J connectivity index is 1.56. The van der Waals surface area contributed by atoms with Gasteiger partial charge in [-0.05, 0) is 23.8 Å². The SMILES string of the molecule is CC(C)C(=O)N1CCN(c2cccc3c2C(=O)N(Cc2cccnc2)C3=O)CC1. The van der Waals surface area contributed by atoms with Gasteiger partial charge in [-0.15, -0.1) is 0 Å². The van der Waals surface area contributed by atoms with E-state index in [9.17, 15) is 14.4 Å². The summed E-state index contributed by atoms with van der Waals surface area (Å²) in [6, 6.07) is 9.05. The summed E-state index contributed by atoms with van der Waals surface area (Å²) in [6.45, 7) is 6.51. The number of fused-ring (bicyclic) bond motifs is 1. The molecular formula is C22H24N4O3. The molecule has 7 heteroatoms. The van der Waals surface area contributed by atoms with Crippen LogP contribution in [-0.2, 0) is 11.3 Å². The molecule has 0 radical (unpaired) electrons. The Morgan fingerprint density at radius 3 is 2.45 bits per heavy atom. The van der Waals surface area contributed by atoms with Crippen molar-refractivity contribution in [2.75, 3.05) is 31.1 Å². The molecule has 150 valence electrons. The van der Waals surface area contributed by atoms with Gasteiger partial charge in [0.2, 0.25) is 5.91 Å². The highest BCUT2D eigenvalue weighted by molar-refractivity contribution is 6.23. The van der Waals surface area contributed by atoms with Gasteiger partial charge in [-0.3, -0.25) is 24.3 Å². The van der Waals surface area contributed by atoms with E-state index < -0.39 is 0 Å². The van der Waals surface area contributed by atoms with Gasteiger partial charge in [0.15, 0.2) is 0 Å². The van der Waals surface area contributed by atoms with Crippen molar-refractivity contribution in [3.63, 3.8) is 0 Å². The predicted octanol–water partition coefficient (Wildman–Crippen LogP) is 2.18. The minimum Gasteiger partial charge on any atom is -0.367 e. The second-order valence-corrected chi connectivity index (χ2v) is 7.72. The number of pyridine rings is 1. The summed E-state index contributed by atoms with van der Waals surface area (Å²) in [4.78, 5) is 47.6. The van der Waals surface area contributed by atoms with E-state index in [1.807, 2.05) is 36.9 Å². The van der Waals surface area contributed by atoms with Gasteiger partial charge >= 0.3 is 0 Å². The molecule has 1 aromatic carbocycles. The van der Waals surface area contributed by atoms with Crippen molar-refractivity contribution in [1.82, 2.24) is 14.8 Å². The van der Waals surface area contributed by atoms with Crippen LogP contribution in [0.15, 0.2) is 42.7 Å². The summed E-state index contributed by atoms with van der Waals surface area (Å²) in [6.07, 6.45) is 3.32. The Labute approximate surface area is 169 Å². The lowest BCUT2D eigenvalue weighted by atomic mass is 10.1. The molecule has 0 saturated carbocycles. The summed E-state index contributed by atoms with van der Waals surface area (Å²) in [7, 11) is 0. The average molecular weight is 392 g/mol. The van der Waals surface area contributed by atoms with Crippen LogP contribution >= 0.6 is 0 Å². The molecule has 2 aromatic rings. The molecule has 2 aliphatic heterocycles. The summed E-state index contributed by atoms with van der Waals surface area (Å²) in [5.74, 6) is -0.422. The maximum Gasteiger partial charge on any atom is 0.263 e. The highest BCUT2D eigenvalue weighted by atomic mass is 16.2. The lowest BCUT2D eigenvalue weighted by Crippen LogP contribution is -2.50. The van der Waals surface area contributed by atoms with Crippen LogP contribution in [0.3, 0.4) is 0 Å². The first-order valence-electron chi connectivity index (χ1n) is 9.89. The molecule has 1 saturated heterocycles. The lowest BCUT2D eigenvalue weighted by molar-refractivity contribution is -0.134. The van der Waals surface area contributed by atoms with Gasteiger partial charge in [-0.25, -0.2) is 0 Å². The zero-order valence-corrected chi connectivity index (χ0v) is 16.7. The van der Waals surface area contributed by atoms with E-state index in [1.54, 1.807) is 24.5 Å². The van der Waals surface area contributed by atoms with Gasteiger partial charge in [-0.2, -0.15) is 0 Å². The number of carbonyl (C=O) groups is 3. The molecule has 0 N–H and O–H groups in total. The van der Waals surface area contributed by atoms with Gasteiger partial charge in [-0.1, -0.05) is 26.0 Å². The molecule has 0 aliphatic carbocycles. The van der Waals surface area contributed by atoms with Crippen LogP contribution in [-0.4, -0.2) is 58.7 Å². The van der Waals surface area contributed by atoms with Crippen LogP contribution in [0.5, 0.6) is 0 Å². The predicted molar refractivity (Wildman–Crippen MR) is 109 cm³/mol. The molecule has 2 aliphatic rings. The average Bonchev–Trinajstić information content (AvgIpc) is 2.99. The third-order valence-corrected chi connectivity index (χ3v) is 5.47. The molecule has 7 nitrogen and oxygen atoms in total. The Morgan fingerprint density at radius 1 is 1.03 bits per heavy atom. The molecule has 0 unspecified atom stereocenters. The number of aromatic nitrogens is 1. The maximum absolute atomic E-state index is 13.1. The quantitative estimate of drug-likeness (QED) is 0.746. The standard InChI is InChI=1S/C22H24N4O3/c1-15(2)20(27)25-11-9-24(10-12-25)18-7-3-6-17-19(18)22(29)26(21(17)28)14-16-5-4-8-23-13-16/h3-8,13,15H,9-12,14H2,1-2H3. The molecule has 0 atom stereocenters. The number of hydrogen-bond acceptors (Lipinski definition) is 5. The zero-order chi connectivity index (χ0) is 20.5. The molecule has 1 fully saturated rings. The van der Waals surface area contributed by atoms with Gasteiger partial charge in [0.25, 0.3) is 11.8 Å². The molecule has 0 spiro atoms.